The normalized spacial score (nSPS) is 13.7. The first kappa shape index (κ1) is 14.0. The fourth-order valence-electron chi connectivity index (χ4n) is 3.71. The van der Waals surface area contributed by atoms with Crippen LogP contribution in [0.4, 0.5) is 0 Å². The van der Waals surface area contributed by atoms with Crippen molar-refractivity contribution in [2.75, 3.05) is 0 Å². The summed E-state index contributed by atoms with van der Waals surface area (Å²) in [7, 11) is 0. The quantitative estimate of drug-likeness (QED) is 0.707. The molecule has 3 aromatic rings. The van der Waals surface area contributed by atoms with E-state index in [-0.39, 0.29) is 0 Å². The summed E-state index contributed by atoms with van der Waals surface area (Å²) in [6, 6.07) is 12.5. The van der Waals surface area contributed by atoms with Crippen molar-refractivity contribution >= 4 is 5.65 Å². The van der Waals surface area contributed by atoms with E-state index in [4.69, 9.17) is 4.98 Å². The average Bonchev–Trinajstić information content (AvgIpc) is 3.00. The highest BCUT2D eigenvalue weighted by Gasteiger charge is 2.21. The Bertz CT molecular complexity index is 914. The van der Waals surface area contributed by atoms with Gasteiger partial charge in [-0.25, -0.2) is 4.98 Å². The summed E-state index contributed by atoms with van der Waals surface area (Å²) in [4.78, 5) is 4.86. The van der Waals surface area contributed by atoms with Crippen LogP contribution in [0.25, 0.3) is 16.8 Å². The van der Waals surface area contributed by atoms with Gasteiger partial charge in [0.25, 0.3) is 0 Å². The number of fused-ring (bicyclic) bond motifs is 3. The van der Waals surface area contributed by atoms with E-state index in [0.717, 1.165) is 36.0 Å². The maximum atomic E-state index is 9.73. The van der Waals surface area contributed by atoms with Crippen molar-refractivity contribution in [3.05, 3.63) is 59.0 Å². The van der Waals surface area contributed by atoms with E-state index < -0.39 is 0 Å². The Morgan fingerprint density at radius 2 is 1.96 bits per heavy atom. The monoisotopic (exact) mass is 301 g/mol. The summed E-state index contributed by atoms with van der Waals surface area (Å²) < 4.78 is 2.18. The summed E-state index contributed by atoms with van der Waals surface area (Å²) in [5, 5.41) is 9.73. The Balaban J connectivity index is 2.06. The van der Waals surface area contributed by atoms with Crippen LogP contribution in [0.1, 0.15) is 42.3 Å². The molecule has 1 aliphatic rings. The summed E-state index contributed by atoms with van der Waals surface area (Å²) in [5.41, 5.74) is 7.52. The largest absolute Gasteiger partial charge is 0.304 e. The van der Waals surface area contributed by atoms with Gasteiger partial charge in [0.05, 0.1) is 0 Å². The molecule has 3 nitrogen and oxygen atoms in total. The molecule has 3 heteroatoms. The Labute approximate surface area is 136 Å². The first-order chi connectivity index (χ1) is 11.3. The number of benzene rings is 1. The molecule has 4 rings (SSSR count). The van der Waals surface area contributed by atoms with Gasteiger partial charge < -0.3 is 4.40 Å². The lowest BCUT2D eigenvalue weighted by Gasteiger charge is -2.20. The number of aromatic nitrogens is 2. The number of rotatable bonds is 2. The van der Waals surface area contributed by atoms with Gasteiger partial charge >= 0.3 is 0 Å². The molecular formula is C20H19N3. The Kier molecular flexibility index (Phi) is 3.38. The topological polar surface area (TPSA) is 41.1 Å². The SMILES string of the molecule is CCc1nc2c(C#N)c(-c3ccccc3)cn2c2c1CCCC2. The molecule has 0 saturated carbocycles. The molecule has 1 aromatic carbocycles. The Morgan fingerprint density at radius 3 is 2.70 bits per heavy atom. The van der Waals surface area contributed by atoms with Gasteiger partial charge in [0.1, 0.15) is 11.6 Å². The minimum Gasteiger partial charge on any atom is -0.304 e. The second-order valence-corrected chi connectivity index (χ2v) is 6.13. The molecule has 0 fully saturated rings. The van der Waals surface area contributed by atoms with Crippen molar-refractivity contribution in [3.8, 4) is 17.2 Å². The molecule has 0 unspecified atom stereocenters. The van der Waals surface area contributed by atoms with E-state index in [0.29, 0.717) is 5.56 Å². The Morgan fingerprint density at radius 1 is 1.17 bits per heavy atom. The molecule has 0 atom stereocenters. The number of nitrogens with zero attached hydrogens (tertiary/aromatic N) is 3. The van der Waals surface area contributed by atoms with Crippen LogP contribution in [0.15, 0.2) is 36.5 Å². The fourth-order valence-corrected chi connectivity index (χ4v) is 3.71. The smallest absolute Gasteiger partial charge is 0.155 e. The molecular weight excluding hydrogens is 282 g/mol. The van der Waals surface area contributed by atoms with Gasteiger partial charge in [-0.15, -0.1) is 0 Å². The van der Waals surface area contributed by atoms with Crippen LogP contribution in [0.2, 0.25) is 0 Å². The van der Waals surface area contributed by atoms with Crippen molar-refractivity contribution in [2.24, 2.45) is 0 Å². The third-order valence-corrected chi connectivity index (χ3v) is 4.83. The van der Waals surface area contributed by atoms with Crippen LogP contribution in [0, 0.1) is 11.3 Å². The zero-order valence-corrected chi connectivity index (χ0v) is 13.3. The van der Waals surface area contributed by atoms with Gasteiger partial charge in [-0.05, 0) is 43.2 Å². The van der Waals surface area contributed by atoms with Gasteiger partial charge in [0, 0.05) is 23.1 Å². The van der Waals surface area contributed by atoms with E-state index in [1.807, 2.05) is 18.2 Å². The summed E-state index contributed by atoms with van der Waals surface area (Å²) in [5.74, 6) is 0. The molecule has 23 heavy (non-hydrogen) atoms. The number of hydrogen-bond donors (Lipinski definition) is 0. The zero-order valence-electron chi connectivity index (χ0n) is 13.3. The van der Waals surface area contributed by atoms with E-state index in [9.17, 15) is 5.26 Å². The summed E-state index contributed by atoms with van der Waals surface area (Å²) in [6.07, 6.45) is 7.69. The van der Waals surface area contributed by atoms with Gasteiger partial charge in [0.15, 0.2) is 5.65 Å². The first-order valence-electron chi connectivity index (χ1n) is 8.34. The zero-order chi connectivity index (χ0) is 15.8. The van der Waals surface area contributed by atoms with Crippen LogP contribution in [0.3, 0.4) is 0 Å². The third-order valence-electron chi connectivity index (χ3n) is 4.83. The maximum absolute atomic E-state index is 9.73. The first-order valence-corrected chi connectivity index (χ1v) is 8.34. The second-order valence-electron chi connectivity index (χ2n) is 6.13. The Hall–Kier alpha value is -2.60. The molecule has 1 aliphatic carbocycles. The molecule has 0 amide bonds. The van der Waals surface area contributed by atoms with Crippen LogP contribution in [-0.4, -0.2) is 9.38 Å². The molecule has 0 radical (unpaired) electrons. The highest BCUT2D eigenvalue weighted by atomic mass is 15.0. The lowest BCUT2D eigenvalue weighted by molar-refractivity contribution is 0.646. The fraction of sp³-hybridized carbons (Fsp3) is 0.300. The maximum Gasteiger partial charge on any atom is 0.155 e. The van der Waals surface area contributed by atoms with E-state index in [2.05, 4.69) is 35.7 Å². The highest BCUT2D eigenvalue weighted by Crippen LogP contribution is 2.32. The van der Waals surface area contributed by atoms with Gasteiger partial charge in [0.2, 0.25) is 0 Å². The number of aryl methyl sites for hydroxylation is 2. The van der Waals surface area contributed by atoms with Crippen molar-refractivity contribution in [3.63, 3.8) is 0 Å². The minimum atomic E-state index is 0.694. The van der Waals surface area contributed by atoms with E-state index >= 15 is 0 Å². The summed E-state index contributed by atoms with van der Waals surface area (Å²) >= 11 is 0. The lowest BCUT2D eigenvalue weighted by Crippen LogP contribution is -2.13. The van der Waals surface area contributed by atoms with Crippen LogP contribution in [-0.2, 0) is 19.3 Å². The molecule has 0 aliphatic heterocycles. The standard InChI is InChI=1S/C20H19N3/c1-2-18-15-10-6-7-11-19(15)23-13-17(14-8-4-3-5-9-14)16(12-21)20(23)22-18/h3-5,8-9,13H,2,6-7,10-11H2,1H3. The minimum absolute atomic E-state index is 0.694. The van der Waals surface area contributed by atoms with Crippen molar-refractivity contribution in [1.82, 2.24) is 9.38 Å². The highest BCUT2D eigenvalue weighted by molar-refractivity contribution is 5.79. The summed E-state index contributed by atoms with van der Waals surface area (Å²) in [6.45, 7) is 2.15. The van der Waals surface area contributed by atoms with Crippen LogP contribution >= 0.6 is 0 Å². The molecule has 0 spiro atoms. The average molecular weight is 301 g/mol. The molecule has 2 aromatic heterocycles. The predicted molar refractivity (Wildman–Crippen MR) is 91.4 cm³/mol. The van der Waals surface area contributed by atoms with E-state index in [1.54, 1.807) is 0 Å². The predicted octanol–water partition coefficient (Wildman–Crippen LogP) is 4.31. The molecule has 114 valence electrons. The van der Waals surface area contributed by atoms with Crippen LogP contribution in [0.5, 0.6) is 0 Å². The molecule has 0 saturated heterocycles. The molecule has 2 heterocycles. The lowest BCUT2D eigenvalue weighted by atomic mass is 9.93. The number of hydrogen-bond acceptors (Lipinski definition) is 2. The van der Waals surface area contributed by atoms with Gasteiger partial charge in [-0.1, -0.05) is 37.3 Å². The molecule has 0 N–H and O–H groups in total. The second kappa shape index (κ2) is 5.55. The van der Waals surface area contributed by atoms with Gasteiger partial charge in [-0.3, -0.25) is 0 Å². The van der Waals surface area contributed by atoms with Crippen molar-refractivity contribution in [2.45, 2.75) is 39.0 Å². The number of nitriles is 1. The van der Waals surface area contributed by atoms with Crippen molar-refractivity contribution < 1.29 is 0 Å². The van der Waals surface area contributed by atoms with E-state index in [1.165, 1.54) is 29.8 Å². The van der Waals surface area contributed by atoms with Crippen molar-refractivity contribution in [1.29, 1.82) is 5.26 Å². The van der Waals surface area contributed by atoms with Crippen LogP contribution < -0.4 is 0 Å². The molecule has 0 bridgehead atoms. The van der Waals surface area contributed by atoms with Gasteiger partial charge in [-0.2, -0.15) is 5.26 Å². The third kappa shape index (κ3) is 2.14.